The predicted octanol–water partition coefficient (Wildman–Crippen LogP) is 3.40. The molecule has 0 aliphatic heterocycles. The summed E-state index contributed by atoms with van der Waals surface area (Å²) in [5.74, 6) is 0.457. The molecule has 0 bridgehead atoms. The first-order valence-electron chi connectivity index (χ1n) is 5.91. The van der Waals surface area contributed by atoms with E-state index in [2.05, 4.69) is 28.2 Å². The van der Waals surface area contributed by atoms with Crippen LogP contribution < -0.4 is 5.32 Å². The minimum Gasteiger partial charge on any atom is -0.308 e. The second-order valence-corrected chi connectivity index (χ2v) is 6.93. The Labute approximate surface area is 119 Å². The third-order valence-electron chi connectivity index (χ3n) is 2.80. The van der Waals surface area contributed by atoms with Crippen molar-refractivity contribution in [1.82, 2.24) is 5.32 Å². The van der Waals surface area contributed by atoms with Crippen molar-refractivity contribution in [3.63, 3.8) is 0 Å². The van der Waals surface area contributed by atoms with Crippen molar-refractivity contribution in [3.05, 3.63) is 34.1 Å². The van der Waals surface area contributed by atoms with Gasteiger partial charge in [-0.15, -0.1) is 0 Å². The molecule has 0 saturated carbocycles. The maximum Gasteiger partial charge on any atom is 0.124 e. The molecule has 1 N–H and O–H groups in total. The zero-order valence-electron chi connectivity index (χ0n) is 10.9. The lowest BCUT2D eigenvalue weighted by atomic mass is 10.1. The summed E-state index contributed by atoms with van der Waals surface area (Å²) >= 11 is 3.37. The molecule has 0 aliphatic rings. The molecule has 0 amide bonds. The van der Waals surface area contributed by atoms with Gasteiger partial charge in [0.15, 0.2) is 0 Å². The van der Waals surface area contributed by atoms with Crippen LogP contribution in [0.4, 0.5) is 4.39 Å². The molecule has 102 valence electrons. The smallest absolute Gasteiger partial charge is 0.124 e. The Balaban J connectivity index is 2.59. The average molecular weight is 336 g/mol. The van der Waals surface area contributed by atoms with Crippen molar-refractivity contribution in [1.29, 1.82) is 0 Å². The maximum absolute atomic E-state index is 13.0. The third kappa shape index (κ3) is 5.16. The van der Waals surface area contributed by atoms with E-state index in [9.17, 15) is 8.60 Å². The number of benzene rings is 1. The highest BCUT2D eigenvalue weighted by Crippen LogP contribution is 2.24. The highest BCUT2D eigenvalue weighted by molar-refractivity contribution is 9.10. The molecule has 1 rings (SSSR count). The lowest BCUT2D eigenvalue weighted by molar-refractivity contribution is 0.469. The molecule has 0 radical (unpaired) electrons. The maximum atomic E-state index is 13.0. The summed E-state index contributed by atoms with van der Waals surface area (Å²) in [5.41, 5.74) is 1.03. The van der Waals surface area contributed by atoms with Gasteiger partial charge >= 0.3 is 0 Å². The van der Waals surface area contributed by atoms with Crippen LogP contribution in [0.15, 0.2) is 22.7 Å². The van der Waals surface area contributed by atoms with Crippen molar-refractivity contribution < 1.29 is 8.60 Å². The average Bonchev–Trinajstić information content (AvgIpc) is 2.26. The Morgan fingerprint density at radius 3 is 2.67 bits per heavy atom. The van der Waals surface area contributed by atoms with Crippen LogP contribution in [0.2, 0.25) is 0 Å². The van der Waals surface area contributed by atoms with Crippen molar-refractivity contribution in [2.45, 2.75) is 32.4 Å². The number of rotatable bonds is 6. The Morgan fingerprint density at radius 2 is 2.11 bits per heavy atom. The molecule has 0 saturated heterocycles. The highest BCUT2D eigenvalue weighted by Gasteiger charge is 2.13. The van der Waals surface area contributed by atoms with Crippen LogP contribution in [0.25, 0.3) is 0 Å². The molecule has 18 heavy (non-hydrogen) atoms. The molecule has 3 unspecified atom stereocenters. The number of hydrogen-bond donors (Lipinski definition) is 1. The van der Waals surface area contributed by atoms with Gasteiger partial charge in [-0.1, -0.05) is 22.0 Å². The van der Waals surface area contributed by atoms with E-state index in [1.807, 2.05) is 6.92 Å². The first-order chi connectivity index (χ1) is 8.40. The molecule has 1 aromatic carbocycles. The van der Waals surface area contributed by atoms with Crippen LogP contribution >= 0.6 is 15.9 Å². The van der Waals surface area contributed by atoms with Gasteiger partial charge in [0.2, 0.25) is 0 Å². The van der Waals surface area contributed by atoms with E-state index in [4.69, 9.17) is 0 Å². The highest BCUT2D eigenvalue weighted by atomic mass is 79.9. The molecule has 0 aliphatic carbocycles. The normalized spacial score (nSPS) is 16.3. The van der Waals surface area contributed by atoms with Gasteiger partial charge in [-0.25, -0.2) is 4.39 Å². The summed E-state index contributed by atoms with van der Waals surface area (Å²) in [4.78, 5) is 0. The van der Waals surface area contributed by atoms with E-state index in [1.54, 1.807) is 12.3 Å². The molecule has 3 atom stereocenters. The molecule has 0 aromatic heterocycles. The topological polar surface area (TPSA) is 29.1 Å². The first kappa shape index (κ1) is 15.8. The van der Waals surface area contributed by atoms with E-state index in [1.165, 1.54) is 12.1 Å². The van der Waals surface area contributed by atoms with Gasteiger partial charge in [-0.05, 0) is 38.0 Å². The van der Waals surface area contributed by atoms with Gasteiger partial charge in [0, 0.05) is 39.4 Å². The second kappa shape index (κ2) is 7.36. The standard InChI is InChI=1S/C13H19BrFNOS/c1-9(6-7-18(3)17)16-10(2)12-5-4-11(15)8-13(12)14/h4-5,8-10,16H,6-7H2,1-3H3. The molecule has 0 heterocycles. The molecule has 5 heteroatoms. The van der Waals surface area contributed by atoms with Gasteiger partial charge in [0.25, 0.3) is 0 Å². The van der Waals surface area contributed by atoms with Crippen LogP contribution in [0.1, 0.15) is 31.9 Å². The van der Waals surface area contributed by atoms with E-state index < -0.39 is 10.8 Å². The molecule has 1 aromatic rings. The quantitative estimate of drug-likeness (QED) is 0.863. The van der Waals surface area contributed by atoms with Crippen molar-refractivity contribution in [3.8, 4) is 0 Å². The monoisotopic (exact) mass is 335 g/mol. The van der Waals surface area contributed by atoms with E-state index >= 15 is 0 Å². The zero-order valence-corrected chi connectivity index (χ0v) is 13.3. The van der Waals surface area contributed by atoms with E-state index in [-0.39, 0.29) is 17.9 Å². The lowest BCUT2D eigenvalue weighted by Gasteiger charge is -2.21. The Hall–Kier alpha value is -0.260. The fourth-order valence-electron chi connectivity index (χ4n) is 1.80. The predicted molar refractivity (Wildman–Crippen MR) is 78.7 cm³/mol. The SMILES string of the molecule is CC(CCS(C)=O)NC(C)c1ccc(F)cc1Br. The lowest BCUT2D eigenvalue weighted by Crippen LogP contribution is -2.30. The molecule has 2 nitrogen and oxygen atoms in total. The Morgan fingerprint density at radius 1 is 1.44 bits per heavy atom. The fourth-order valence-corrected chi connectivity index (χ4v) is 3.18. The zero-order chi connectivity index (χ0) is 13.7. The van der Waals surface area contributed by atoms with Gasteiger partial charge in [-0.3, -0.25) is 4.21 Å². The minimum atomic E-state index is -0.752. The Bertz CT molecular complexity index is 427. The van der Waals surface area contributed by atoms with Crippen molar-refractivity contribution >= 4 is 26.7 Å². The molecular formula is C13H19BrFNOS. The van der Waals surface area contributed by atoms with Gasteiger partial charge in [0.1, 0.15) is 5.82 Å². The minimum absolute atomic E-state index is 0.125. The van der Waals surface area contributed by atoms with Crippen LogP contribution in [0, 0.1) is 5.82 Å². The largest absolute Gasteiger partial charge is 0.308 e. The van der Waals surface area contributed by atoms with Crippen LogP contribution in [0.3, 0.4) is 0 Å². The van der Waals surface area contributed by atoms with Gasteiger partial charge in [0.05, 0.1) is 0 Å². The summed E-state index contributed by atoms with van der Waals surface area (Å²) in [6.07, 6.45) is 2.58. The summed E-state index contributed by atoms with van der Waals surface area (Å²) in [6, 6.07) is 5.12. The van der Waals surface area contributed by atoms with Crippen LogP contribution in [-0.2, 0) is 10.8 Å². The number of nitrogens with one attached hydrogen (secondary N) is 1. The van der Waals surface area contributed by atoms with E-state index in [0.29, 0.717) is 5.75 Å². The summed E-state index contributed by atoms with van der Waals surface area (Å²) in [7, 11) is -0.752. The summed E-state index contributed by atoms with van der Waals surface area (Å²) in [5, 5.41) is 3.42. The molecule has 0 fully saturated rings. The van der Waals surface area contributed by atoms with Crippen molar-refractivity contribution in [2.24, 2.45) is 0 Å². The summed E-state index contributed by atoms with van der Waals surface area (Å²) in [6.45, 7) is 4.11. The number of halogens is 2. The third-order valence-corrected chi connectivity index (χ3v) is 4.30. The fraction of sp³-hybridized carbons (Fsp3) is 0.538. The molecular weight excluding hydrogens is 317 g/mol. The molecule has 0 spiro atoms. The van der Waals surface area contributed by atoms with Gasteiger partial charge < -0.3 is 5.32 Å². The van der Waals surface area contributed by atoms with Gasteiger partial charge in [-0.2, -0.15) is 0 Å². The Kier molecular flexibility index (Phi) is 6.46. The van der Waals surface area contributed by atoms with Crippen LogP contribution in [0.5, 0.6) is 0 Å². The van der Waals surface area contributed by atoms with Crippen molar-refractivity contribution in [2.75, 3.05) is 12.0 Å². The van der Waals surface area contributed by atoms with Crippen LogP contribution in [-0.4, -0.2) is 22.3 Å². The second-order valence-electron chi connectivity index (χ2n) is 4.52. The number of hydrogen-bond acceptors (Lipinski definition) is 2. The van der Waals surface area contributed by atoms with E-state index in [0.717, 1.165) is 16.5 Å². The first-order valence-corrected chi connectivity index (χ1v) is 8.43. The summed E-state index contributed by atoms with van der Waals surface area (Å²) < 4.78 is 24.8.